The van der Waals surface area contributed by atoms with Crippen molar-refractivity contribution in [1.82, 2.24) is 4.98 Å². The average Bonchev–Trinajstić information content (AvgIpc) is 3.53. The number of anilines is 1. The highest BCUT2D eigenvalue weighted by molar-refractivity contribution is 6.11. The standard InChI is InChI=1S/C23H21N3/c1-16-6-7-19(14-24-16)23-25-22-5-3-2-4-20(22)15-26(23)21-12-10-18(11-13-21)17-8-9-17/h2-7,10-14,17H,8-9,15H2,1H3. The Morgan fingerprint density at radius 3 is 2.46 bits per heavy atom. The van der Waals surface area contributed by atoms with Crippen LogP contribution in [0.15, 0.2) is 71.9 Å². The second-order valence-corrected chi connectivity index (χ2v) is 7.20. The Kier molecular flexibility index (Phi) is 3.59. The summed E-state index contributed by atoms with van der Waals surface area (Å²) in [7, 11) is 0. The number of hydrogen-bond donors (Lipinski definition) is 0. The smallest absolute Gasteiger partial charge is 0.142 e. The lowest BCUT2D eigenvalue weighted by molar-refractivity contribution is 0.973. The average molecular weight is 339 g/mol. The summed E-state index contributed by atoms with van der Waals surface area (Å²) in [6.45, 7) is 2.84. The fourth-order valence-corrected chi connectivity index (χ4v) is 3.55. The van der Waals surface area contributed by atoms with E-state index in [1.165, 1.54) is 29.7 Å². The summed E-state index contributed by atoms with van der Waals surface area (Å²) in [4.78, 5) is 11.7. The first-order chi connectivity index (χ1) is 12.8. The van der Waals surface area contributed by atoms with Crippen LogP contribution in [-0.2, 0) is 6.54 Å². The summed E-state index contributed by atoms with van der Waals surface area (Å²) in [6.07, 6.45) is 4.59. The second-order valence-electron chi connectivity index (χ2n) is 7.20. The summed E-state index contributed by atoms with van der Waals surface area (Å²) in [6, 6.07) is 21.6. The van der Waals surface area contributed by atoms with Gasteiger partial charge >= 0.3 is 0 Å². The van der Waals surface area contributed by atoms with Gasteiger partial charge in [-0.2, -0.15) is 0 Å². The number of amidine groups is 1. The molecule has 1 aliphatic heterocycles. The summed E-state index contributed by atoms with van der Waals surface area (Å²) in [5.41, 5.74) is 7.02. The zero-order valence-electron chi connectivity index (χ0n) is 14.9. The van der Waals surface area contributed by atoms with E-state index in [2.05, 4.69) is 58.4 Å². The Balaban J connectivity index is 1.58. The van der Waals surface area contributed by atoms with Gasteiger partial charge in [0.1, 0.15) is 5.84 Å². The fourth-order valence-electron chi connectivity index (χ4n) is 3.55. The number of nitrogens with zero attached hydrogens (tertiary/aromatic N) is 3. The molecule has 3 nitrogen and oxygen atoms in total. The van der Waals surface area contributed by atoms with Crippen LogP contribution in [0.2, 0.25) is 0 Å². The molecule has 2 aromatic carbocycles. The lowest BCUT2D eigenvalue weighted by Crippen LogP contribution is -2.33. The maximum atomic E-state index is 4.98. The molecule has 26 heavy (non-hydrogen) atoms. The second kappa shape index (κ2) is 6.10. The Labute approximate surface area is 154 Å². The van der Waals surface area contributed by atoms with Gasteiger partial charge in [-0.25, -0.2) is 4.99 Å². The summed E-state index contributed by atoms with van der Waals surface area (Å²) in [5, 5.41) is 0. The molecule has 1 aliphatic carbocycles. The van der Waals surface area contributed by atoms with Gasteiger partial charge in [0.25, 0.3) is 0 Å². The van der Waals surface area contributed by atoms with Crippen molar-refractivity contribution in [2.24, 2.45) is 4.99 Å². The van der Waals surface area contributed by atoms with Gasteiger partial charge in [0.15, 0.2) is 0 Å². The van der Waals surface area contributed by atoms with Crippen LogP contribution in [0.5, 0.6) is 0 Å². The topological polar surface area (TPSA) is 28.5 Å². The molecule has 5 rings (SSSR count). The number of fused-ring (bicyclic) bond motifs is 1. The molecule has 0 unspecified atom stereocenters. The molecule has 0 N–H and O–H groups in total. The Bertz CT molecular complexity index is 967. The molecule has 1 saturated carbocycles. The molecule has 3 heteroatoms. The van der Waals surface area contributed by atoms with Crippen LogP contribution in [0.1, 0.15) is 41.1 Å². The highest BCUT2D eigenvalue weighted by Crippen LogP contribution is 2.41. The first-order valence-electron chi connectivity index (χ1n) is 9.25. The van der Waals surface area contributed by atoms with Gasteiger partial charge in [-0.05, 0) is 67.1 Å². The third-order valence-corrected chi connectivity index (χ3v) is 5.23. The monoisotopic (exact) mass is 339 g/mol. The highest BCUT2D eigenvalue weighted by Gasteiger charge is 2.25. The van der Waals surface area contributed by atoms with E-state index in [1.54, 1.807) is 0 Å². The number of aromatic nitrogens is 1. The summed E-state index contributed by atoms with van der Waals surface area (Å²) in [5.74, 6) is 1.75. The lowest BCUT2D eigenvalue weighted by Gasteiger charge is -2.31. The van der Waals surface area contributed by atoms with Crippen molar-refractivity contribution in [3.05, 3.63) is 89.2 Å². The number of pyridine rings is 1. The molecule has 128 valence electrons. The van der Waals surface area contributed by atoms with Gasteiger partial charge in [0, 0.05) is 23.1 Å². The molecule has 0 atom stereocenters. The molecule has 2 heterocycles. The first-order valence-corrected chi connectivity index (χ1v) is 9.25. The van der Waals surface area contributed by atoms with E-state index in [4.69, 9.17) is 4.99 Å². The van der Waals surface area contributed by atoms with Crippen LogP contribution >= 0.6 is 0 Å². The molecule has 0 radical (unpaired) electrons. The third kappa shape index (κ3) is 2.80. The SMILES string of the molecule is Cc1ccc(C2=Nc3ccccc3CN2c2ccc(C3CC3)cc2)cn1. The Morgan fingerprint density at radius 1 is 0.923 bits per heavy atom. The van der Waals surface area contributed by atoms with E-state index in [9.17, 15) is 0 Å². The van der Waals surface area contributed by atoms with Gasteiger partial charge in [0.2, 0.25) is 0 Å². The number of benzene rings is 2. The first kappa shape index (κ1) is 15.3. The highest BCUT2D eigenvalue weighted by atomic mass is 15.2. The molecule has 1 aromatic heterocycles. The van der Waals surface area contributed by atoms with Crippen molar-refractivity contribution in [2.75, 3.05) is 4.90 Å². The zero-order chi connectivity index (χ0) is 17.5. The quantitative estimate of drug-likeness (QED) is 0.642. The van der Waals surface area contributed by atoms with Crippen molar-refractivity contribution in [1.29, 1.82) is 0 Å². The van der Waals surface area contributed by atoms with Crippen LogP contribution in [0.4, 0.5) is 11.4 Å². The number of hydrogen-bond acceptors (Lipinski definition) is 3. The number of aliphatic imine (C=N–C) groups is 1. The Morgan fingerprint density at radius 2 is 1.73 bits per heavy atom. The van der Waals surface area contributed by atoms with Crippen LogP contribution in [0, 0.1) is 6.92 Å². The fraction of sp³-hybridized carbons (Fsp3) is 0.217. The van der Waals surface area contributed by atoms with E-state index in [1.807, 2.05) is 25.3 Å². The van der Waals surface area contributed by atoms with E-state index in [0.717, 1.165) is 35.2 Å². The normalized spacial score (nSPS) is 16.2. The van der Waals surface area contributed by atoms with Crippen molar-refractivity contribution in [3.8, 4) is 0 Å². The van der Waals surface area contributed by atoms with Crippen molar-refractivity contribution < 1.29 is 0 Å². The lowest BCUT2D eigenvalue weighted by atomic mass is 10.1. The molecule has 3 aromatic rings. The molecule has 0 amide bonds. The summed E-state index contributed by atoms with van der Waals surface area (Å²) < 4.78 is 0. The Hall–Kier alpha value is -2.94. The molecule has 1 fully saturated rings. The maximum absolute atomic E-state index is 4.98. The van der Waals surface area contributed by atoms with E-state index >= 15 is 0 Å². The van der Waals surface area contributed by atoms with Crippen molar-refractivity contribution in [2.45, 2.75) is 32.2 Å². The predicted octanol–water partition coefficient (Wildman–Crippen LogP) is 5.37. The molecular weight excluding hydrogens is 318 g/mol. The van der Waals surface area contributed by atoms with E-state index in [-0.39, 0.29) is 0 Å². The van der Waals surface area contributed by atoms with E-state index < -0.39 is 0 Å². The minimum atomic E-state index is 0.778. The molecular formula is C23H21N3. The van der Waals surface area contributed by atoms with E-state index in [0.29, 0.717) is 0 Å². The van der Waals surface area contributed by atoms with Gasteiger partial charge in [-0.15, -0.1) is 0 Å². The van der Waals surface area contributed by atoms with Gasteiger partial charge < -0.3 is 4.90 Å². The molecule has 0 spiro atoms. The maximum Gasteiger partial charge on any atom is 0.142 e. The largest absolute Gasteiger partial charge is 0.321 e. The van der Waals surface area contributed by atoms with Gasteiger partial charge in [-0.1, -0.05) is 30.3 Å². The van der Waals surface area contributed by atoms with Gasteiger partial charge in [0.05, 0.1) is 12.2 Å². The molecule has 0 bridgehead atoms. The van der Waals surface area contributed by atoms with Gasteiger partial charge in [-0.3, -0.25) is 4.98 Å². The predicted molar refractivity (Wildman–Crippen MR) is 106 cm³/mol. The minimum absolute atomic E-state index is 0.778. The summed E-state index contributed by atoms with van der Waals surface area (Å²) >= 11 is 0. The van der Waals surface area contributed by atoms with Crippen molar-refractivity contribution in [3.63, 3.8) is 0 Å². The number of rotatable bonds is 3. The molecule has 0 saturated heterocycles. The number of para-hydroxylation sites is 1. The third-order valence-electron chi connectivity index (χ3n) is 5.23. The minimum Gasteiger partial charge on any atom is -0.321 e. The van der Waals surface area contributed by atoms with Crippen LogP contribution in [0.3, 0.4) is 0 Å². The number of aryl methyl sites for hydroxylation is 1. The van der Waals surface area contributed by atoms with Crippen LogP contribution < -0.4 is 4.90 Å². The van der Waals surface area contributed by atoms with Crippen LogP contribution in [-0.4, -0.2) is 10.8 Å². The molecule has 2 aliphatic rings. The zero-order valence-corrected chi connectivity index (χ0v) is 14.9. The van der Waals surface area contributed by atoms with Crippen LogP contribution in [0.25, 0.3) is 0 Å². The van der Waals surface area contributed by atoms with Crippen molar-refractivity contribution >= 4 is 17.2 Å².